The number of ether oxygens (including phenoxy) is 4. The van der Waals surface area contributed by atoms with Gasteiger partial charge in [0.05, 0.1) is 25.4 Å². The molecule has 6 nitrogen and oxygen atoms in total. The zero-order valence-corrected chi connectivity index (χ0v) is 14.4. The van der Waals surface area contributed by atoms with Gasteiger partial charge in [-0.3, -0.25) is 0 Å². The highest BCUT2D eigenvalue weighted by Crippen LogP contribution is 2.39. The molecule has 24 heavy (non-hydrogen) atoms. The Morgan fingerprint density at radius 3 is 2.08 bits per heavy atom. The highest BCUT2D eigenvalue weighted by Gasteiger charge is 2.43. The Morgan fingerprint density at radius 1 is 1.00 bits per heavy atom. The lowest BCUT2D eigenvalue weighted by molar-refractivity contribution is -0.141. The maximum atomic E-state index is 11.1. The fourth-order valence-electron chi connectivity index (χ4n) is 2.41. The molecule has 2 saturated heterocycles. The molecule has 0 radical (unpaired) electrons. The van der Waals surface area contributed by atoms with Crippen LogP contribution in [0, 0.1) is 5.92 Å². The third kappa shape index (κ3) is 6.45. The van der Waals surface area contributed by atoms with Gasteiger partial charge in [-0.1, -0.05) is 13.2 Å². The number of carbonyl (C=O) groups is 2. The molecule has 3 fully saturated rings. The highest BCUT2D eigenvalue weighted by atomic mass is 16.6. The molecule has 2 aliphatic heterocycles. The molecule has 0 spiro atoms. The lowest BCUT2D eigenvalue weighted by atomic mass is 9.90. The standard InChI is InChI=1S/C11H16O3.C7H10O3/c1-7(2)11(12)13-6-8-3-4-9-10(5-8)14-9;1-5(2)7(8)10-4-6-3-9-6/h8-10H,1,3-6H2,2H3;6H,1,3-4H2,2H3. The summed E-state index contributed by atoms with van der Waals surface area (Å²) in [5, 5.41) is 0. The average Bonchev–Trinajstić information content (AvgIpc) is 3.44. The lowest BCUT2D eigenvalue weighted by Crippen LogP contribution is -2.20. The van der Waals surface area contributed by atoms with Crippen molar-refractivity contribution < 1.29 is 28.5 Å². The smallest absolute Gasteiger partial charge is 0.333 e. The fraction of sp³-hybridized carbons (Fsp3) is 0.667. The molecule has 2 heterocycles. The second-order valence-corrected chi connectivity index (χ2v) is 6.60. The monoisotopic (exact) mass is 338 g/mol. The van der Waals surface area contributed by atoms with Crippen molar-refractivity contribution in [2.45, 2.75) is 51.4 Å². The van der Waals surface area contributed by atoms with E-state index >= 15 is 0 Å². The van der Waals surface area contributed by atoms with E-state index < -0.39 is 0 Å². The lowest BCUT2D eigenvalue weighted by Gasteiger charge is -2.18. The molecule has 1 aliphatic carbocycles. The topological polar surface area (TPSA) is 77.7 Å². The fourth-order valence-corrected chi connectivity index (χ4v) is 2.41. The Morgan fingerprint density at radius 2 is 1.58 bits per heavy atom. The first-order chi connectivity index (χ1) is 11.4. The first-order valence-electron chi connectivity index (χ1n) is 8.29. The van der Waals surface area contributed by atoms with Crippen molar-refractivity contribution in [3.63, 3.8) is 0 Å². The second-order valence-electron chi connectivity index (χ2n) is 6.60. The van der Waals surface area contributed by atoms with Gasteiger partial charge in [0.25, 0.3) is 0 Å². The van der Waals surface area contributed by atoms with Crippen LogP contribution in [0.25, 0.3) is 0 Å². The Hall–Kier alpha value is -1.66. The molecular formula is C18H26O6. The van der Waals surface area contributed by atoms with E-state index in [4.69, 9.17) is 18.9 Å². The first kappa shape index (κ1) is 18.7. The molecule has 0 bridgehead atoms. The van der Waals surface area contributed by atoms with Crippen molar-refractivity contribution in [2.24, 2.45) is 5.92 Å². The number of hydrogen-bond acceptors (Lipinski definition) is 6. The van der Waals surface area contributed by atoms with Gasteiger partial charge in [0, 0.05) is 11.1 Å². The summed E-state index contributed by atoms with van der Waals surface area (Å²) in [5.74, 6) is -0.124. The minimum atomic E-state index is -0.337. The van der Waals surface area contributed by atoms with E-state index in [2.05, 4.69) is 13.2 Å². The van der Waals surface area contributed by atoms with Crippen molar-refractivity contribution >= 4 is 11.9 Å². The van der Waals surface area contributed by atoms with Gasteiger partial charge in [-0.15, -0.1) is 0 Å². The van der Waals surface area contributed by atoms with Crippen molar-refractivity contribution in [3.05, 3.63) is 24.3 Å². The minimum Gasteiger partial charge on any atom is -0.462 e. The van der Waals surface area contributed by atoms with Crippen molar-refractivity contribution in [1.29, 1.82) is 0 Å². The molecule has 0 aromatic carbocycles. The van der Waals surface area contributed by atoms with Crippen LogP contribution in [-0.4, -0.2) is 50.1 Å². The molecule has 6 heteroatoms. The Kier molecular flexibility index (Phi) is 6.57. The van der Waals surface area contributed by atoms with Crippen LogP contribution < -0.4 is 0 Å². The Labute approximate surface area is 142 Å². The maximum Gasteiger partial charge on any atom is 0.333 e. The van der Waals surface area contributed by atoms with Gasteiger partial charge in [-0.2, -0.15) is 0 Å². The molecule has 4 atom stereocenters. The number of esters is 2. The molecule has 0 aromatic rings. The van der Waals surface area contributed by atoms with Crippen molar-refractivity contribution in [2.75, 3.05) is 19.8 Å². The van der Waals surface area contributed by atoms with Gasteiger partial charge >= 0.3 is 11.9 Å². The molecule has 134 valence electrons. The van der Waals surface area contributed by atoms with E-state index in [0.717, 1.165) is 19.3 Å². The van der Waals surface area contributed by atoms with E-state index in [-0.39, 0.29) is 18.0 Å². The number of rotatable bonds is 6. The molecule has 0 aromatic heterocycles. The largest absolute Gasteiger partial charge is 0.462 e. The predicted molar refractivity (Wildman–Crippen MR) is 87.3 cm³/mol. The van der Waals surface area contributed by atoms with E-state index in [9.17, 15) is 9.59 Å². The van der Waals surface area contributed by atoms with E-state index in [1.54, 1.807) is 13.8 Å². The number of epoxide rings is 2. The zero-order valence-electron chi connectivity index (χ0n) is 14.4. The van der Waals surface area contributed by atoms with Gasteiger partial charge in [-0.05, 0) is 39.0 Å². The third-order valence-corrected chi connectivity index (χ3v) is 4.06. The molecule has 0 N–H and O–H groups in total. The van der Waals surface area contributed by atoms with Crippen LogP contribution in [0.4, 0.5) is 0 Å². The summed E-state index contributed by atoms with van der Waals surface area (Å²) in [6.45, 7) is 11.9. The van der Waals surface area contributed by atoms with Gasteiger partial charge < -0.3 is 18.9 Å². The van der Waals surface area contributed by atoms with Gasteiger partial charge in [-0.25, -0.2) is 9.59 Å². The molecule has 3 aliphatic rings. The zero-order chi connectivity index (χ0) is 17.7. The summed E-state index contributed by atoms with van der Waals surface area (Å²) in [7, 11) is 0. The summed E-state index contributed by atoms with van der Waals surface area (Å²) in [5.41, 5.74) is 0.905. The van der Waals surface area contributed by atoms with Crippen molar-refractivity contribution in [3.8, 4) is 0 Å². The first-order valence-corrected chi connectivity index (χ1v) is 8.29. The summed E-state index contributed by atoms with van der Waals surface area (Å²) in [6, 6.07) is 0. The van der Waals surface area contributed by atoms with Crippen LogP contribution in [0.5, 0.6) is 0 Å². The van der Waals surface area contributed by atoms with Crippen LogP contribution in [-0.2, 0) is 28.5 Å². The normalized spacial score (nSPS) is 29.2. The quantitative estimate of drug-likeness (QED) is 0.420. The summed E-state index contributed by atoms with van der Waals surface area (Å²) in [4.78, 5) is 21.8. The summed E-state index contributed by atoms with van der Waals surface area (Å²) in [6.07, 6.45) is 4.40. The Bertz CT molecular complexity index is 508. The predicted octanol–water partition coefficient (Wildman–Crippen LogP) is 2.18. The Balaban J connectivity index is 0.000000185. The van der Waals surface area contributed by atoms with Crippen LogP contribution in [0.15, 0.2) is 24.3 Å². The highest BCUT2D eigenvalue weighted by molar-refractivity contribution is 5.87. The van der Waals surface area contributed by atoms with Gasteiger partial charge in [0.1, 0.15) is 12.7 Å². The third-order valence-electron chi connectivity index (χ3n) is 4.06. The molecule has 0 amide bonds. The van der Waals surface area contributed by atoms with Gasteiger partial charge in [0.2, 0.25) is 0 Å². The number of hydrogen-bond donors (Lipinski definition) is 0. The van der Waals surface area contributed by atoms with Gasteiger partial charge in [0.15, 0.2) is 0 Å². The van der Waals surface area contributed by atoms with Crippen LogP contribution >= 0.6 is 0 Å². The SMILES string of the molecule is C=C(C)C(=O)OCC1CCC2OC2C1.C=C(C)C(=O)OCC1CO1. The molecule has 4 unspecified atom stereocenters. The molecular weight excluding hydrogens is 312 g/mol. The average molecular weight is 338 g/mol. The van der Waals surface area contributed by atoms with E-state index in [1.807, 2.05) is 0 Å². The number of fused-ring (bicyclic) bond motifs is 1. The second kappa shape index (κ2) is 8.44. The van der Waals surface area contributed by atoms with Crippen LogP contribution in [0.2, 0.25) is 0 Å². The van der Waals surface area contributed by atoms with Crippen LogP contribution in [0.1, 0.15) is 33.1 Å². The van der Waals surface area contributed by atoms with Crippen molar-refractivity contribution in [1.82, 2.24) is 0 Å². The maximum absolute atomic E-state index is 11.1. The van der Waals surface area contributed by atoms with E-state index in [1.165, 1.54) is 0 Å². The molecule has 1 saturated carbocycles. The number of carbonyl (C=O) groups excluding carboxylic acids is 2. The summed E-state index contributed by atoms with van der Waals surface area (Å²) < 4.78 is 20.1. The minimum absolute atomic E-state index is 0.142. The van der Waals surface area contributed by atoms with Crippen LogP contribution in [0.3, 0.4) is 0 Å². The molecule has 3 rings (SSSR count). The van der Waals surface area contributed by atoms with E-state index in [0.29, 0.717) is 49.1 Å². The summed E-state index contributed by atoms with van der Waals surface area (Å²) >= 11 is 0.